The average Bonchev–Trinajstić information content (AvgIpc) is 2.54. The zero-order valence-electron chi connectivity index (χ0n) is 14.2. The van der Waals surface area contributed by atoms with Crippen molar-refractivity contribution in [2.24, 2.45) is 11.5 Å². The predicted molar refractivity (Wildman–Crippen MR) is 88.9 cm³/mol. The number of esters is 1. The van der Waals surface area contributed by atoms with E-state index in [9.17, 15) is 15.3 Å². The Kier molecular flexibility index (Phi) is 5.00. The minimum Gasteiger partial charge on any atom is -0.461 e. The number of allylic oxidation sites excluding steroid dienone is 2. The lowest BCUT2D eigenvalue weighted by molar-refractivity contribution is -0.142. The number of aryl methyl sites for hydroxylation is 1. The number of benzene rings is 1. The summed E-state index contributed by atoms with van der Waals surface area (Å²) in [4.78, 5) is 11.1. The van der Waals surface area contributed by atoms with E-state index in [1.807, 2.05) is 38.1 Å². The second-order valence-corrected chi connectivity index (χ2v) is 5.67. The van der Waals surface area contributed by atoms with Gasteiger partial charge in [-0.3, -0.25) is 4.79 Å². The van der Waals surface area contributed by atoms with E-state index in [1.165, 1.54) is 6.92 Å². The van der Waals surface area contributed by atoms with Crippen molar-refractivity contribution in [3.8, 4) is 12.1 Å². The van der Waals surface area contributed by atoms with Crippen LogP contribution in [0, 0.1) is 36.5 Å². The first kappa shape index (κ1) is 17.9. The lowest BCUT2D eigenvalue weighted by Crippen LogP contribution is -2.24. The summed E-state index contributed by atoms with van der Waals surface area (Å²) in [6.45, 7) is 5.17. The molecular weight excluding hydrogens is 320 g/mol. The molecule has 0 saturated heterocycles. The summed E-state index contributed by atoms with van der Waals surface area (Å²) in [5, 5.41) is 18.9. The van der Waals surface area contributed by atoms with Crippen LogP contribution in [0.25, 0.3) is 0 Å². The van der Waals surface area contributed by atoms with Gasteiger partial charge in [0.1, 0.15) is 29.9 Å². The first-order valence-corrected chi connectivity index (χ1v) is 7.51. The van der Waals surface area contributed by atoms with Crippen LogP contribution in [-0.2, 0) is 20.9 Å². The van der Waals surface area contributed by atoms with Gasteiger partial charge in [-0.25, -0.2) is 0 Å². The lowest BCUT2D eigenvalue weighted by Gasteiger charge is -2.26. The molecule has 0 radical (unpaired) electrons. The minimum absolute atomic E-state index is 0.103. The summed E-state index contributed by atoms with van der Waals surface area (Å²) >= 11 is 0. The maximum atomic E-state index is 11.1. The molecule has 7 nitrogen and oxygen atoms in total. The summed E-state index contributed by atoms with van der Waals surface area (Å²) in [7, 11) is 0. The average molecular weight is 338 g/mol. The number of ether oxygens (including phenoxy) is 2. The van der Waals surface area contributed by atoms with Crippen LogP contribution in [0.2, 0.25) is 0 Å². The van der Waals surface area contributed by atoms with Crippen molar-refractivity contribution in [2.45, 2.75) is 33.3 Å². The van der Waals surface area contributed by atoms with E-state index in [4.69, 9.17) is 20.9 Å². The highest BCUT2D eigenvalue weighted by molar-refractivity contribution is 5.66. The second kappa shape index (κ2) is 6.98. The van der Waals surface area contributed by atoms with Crippen LogP contribution < -0.4 is 11.5 Å². The summed E-state index contributed by atoms with van der Waals surface area (Å²) in [6, 6.07) is 7.66. The van der Waals surface area contributed by atoms with E-state index in [0.29, 0.717) is 5.56 Å². The number of nitrogens with zero attached hydrogens (tertiary/aromatic N) is 2. The summed E-state index contributed by atoms with van der Waals surface area (Å²) in [5.41, 5.74) is 15.0. The number of rotatable bonds is 3. The molecule has 1 heterocycles. The molecule has 4 N–H and O–H groups in total. The molecule has 0 aliphatic carbocycles. The number of nitriles is 2. The molecule has 128 valence electrons. The molecule has 0 saturated carbocycles. The summed E-state index contributed by atoms with van der Waals surface area (Å²) < 4.78 is 10.2. The molecule has 1 aromatic rings. The number of hydrogen-bond acceptors (Lipinski definition) is 7. The number of carbonyl (C=O) groups is 1. The predicted octanol–water partition coefficient (Wildman–Crippen LogP) is 1.87. The maximum absolute atomic E-state index is 11.1. The Hall–Kier alpha value is -3.45. The fraction of sp³-hybridized carbons (Fsp3) is 0.278. The molecule has 2 rings (SSSR count). The minimum atomic E-state index is -0.722. The van der Waals surface area contributed by atoms with Gasteiger partial charge in [0, 0.05) is 6.92 Å². The molecule has 0 aromatic heterocycles. The van der Waals surface area contributed by atoms with Gasteiger partial charge in [-0.05, 0) is 36.1 Å². The molecule has 7 heteroatoms. The Morgan fingerprint density at radius 2 is 1.76 bits per heavy atom. The quantitative estimate of drug-likeness (QED) is 0.803. The fourth-order valence-corrected chi connectivity index (χ4v) is 2.83. The van der Waals surface area contributed by atoms with Crippen molar-refractivity contribution in [1.82, 2.24) is 0 Å². The van der Waals surface area contributed by atoms with Crippen molar-refractivity contribution in [3.05, 3.63) is 57.3 Å². The molecule has 0 fully saturated rings. The monoisotopic (exact) mass is 338 g/mol. The van der Waals surface area contributed by atoms with Crippen molar-refractivity contribution in [3.63, 3.8) is 0 Å². The van der Waals surface area contributed by atoms with Crippen molar-refractivity contribution < 1.29 is 14.3 Å². The Morgan fingerprint density at radius 1 is 1.20 bits per heavy atom. The van der Waals surface area contributed by atoms with Gasteiger partial charge in [0.15, 0.2) is 0 Å². The number of hydrogen-bond donors (Lipinski definition) is 2. The Morgan fingerprint density at radius 3 is 2.24 bits per heavy atom. The highest BCUT2D eigenvalue weighted by Gasteiger charge is 2.33. The molecule has 0 amide bonds. The van der Waals surface area contributed by atoms with Gasteiger partial charge in [0.2, 0.25) is 11.8 Å². The van der Waals surface area contributed by atoms with E-state index >= 15 is 0 Å². The van der Waals surface area contributed by atoms with Crippen molar-refractivity contribution in [1.29, 1.82) is 10.5 Å². The van der Waals surface area contributed by atoms with E-state index < -0.39 is 5.92 Å². The van der Waals surface area contributed by atoms with E-state index in [2.05, 4.69) is 0 Å². The Labute approximate surface area is 145 Å². The third kappa shape index (κ3) is 3.26. The van der Waals surface area contributed by atoms with Crippen LogP contribution in [0.5, 0.6) is 0 Å². The molecule has 0 spiro atoms. The van der Waals surface area contributed by atoms with Crippen LogP contribution in [0.15, 0.2) is 35.0 Å². The number of nitrogens with two attached hydrogens (primary N) is 2. The van der Waals surface area contributed by atoms with Crippen molar-refractivity contribution in [2.75, 3.05) is 0 Å². The van der Waals surface area contributed by atoms with Crippen LogP contribution >= 0.6 is 0 Å². The van der Waals surface area contributed by atoms with Crippen LogP contribution in [0.4, 0.5) is 0 Å². The highest BCUT2D eigenvalue weighted by Crippen LogP contribution is 2.39. The molecule has 1 aromatic carbocycles. The largest absolute Gasteiger partial charge is 0.461 e. The molecule has 0 bridgehead atoms. The summed E-state index contributed by atoms with van der Waals surface area (Å²) in [6.07, 6.45) is 0. The molecule has 1 aliphatic rings. The van der Waals surface area contributed by atoms with Gasteiger partial charge < -0.3 is 20.9 Å². The molecule has 0 atom stereocenters. The van der Waals surface area contributed by atoms with Crippen LogP contribution in [-0.4, -0.2) is 5.97 Å². The molecular formula is C18H18N4O3. The van der Waals surface area contributed by atoms with Gasteiger partial charge in [0.05, 0.1) is 5.92 Å². The van der Waals surface area contributed by atoms with Crippen molar-refractivity contribution >= 4 is 5.97 Å². The van der Waals surface area contributed by atoms with Gasteiger partial charge in [-0.15, -0.1) is 0 Å². The standard InChI is InChI=1S/C18H18N4O3/c1-9-4-5-12(10(2)15(9)8-24-11(3)23)16-13(6-19)17(21)25-18(22)14(16)7-20/h4-5,16H,8,21-22H2,1-3H3. The fourth-order valence-electron chi connectivity index (χ4n) is 2.83. The number of carbonyl (C=O) groups excluding carboxylic acids is 1. The topological polar surface area (TPSA) is 135 Å². The van der Waals surface area contributed by atoms with Gasteiger partial charge in [0.25, 0.3) is 0 Å². The van der Waals surface area contributed by atoms with E-state index in [1.54, 1.807) is 0 Å². The van der Waals surface area contributed by atoms with Crippen LogP contribution in [0.3, 0.4) is 0 Å². The first-order valence-electron chi connectivity index (χ1n) is 7.51. The van der Waals surface area contributed by atoms with Gasteiger partial charge in [-0.1, -0.05) is 12.1 Å². The smallest absolute Gasteiger partial charge is 0.302 e. The Bertz CT molecular complexity index is 849. The zero-order valence-corrected chi connectivity index (χ0v) is 14.2. The molecule has 1 aliphatic heterocycles. The molecule has 25 heavy (non-hydrogen) atoms. The highest BCUT2D eigenvalue weighted by atomic mass is 16.5. The first-order chi connectivity index (χ1) is 11.8. The summed E-state index contributed by atoms with van der Waals surface area (Å²) in [5.74, 6) is -1.35. The second-order valence-electron chi connectivity index (χ2n) is 5.67. The third-order valence-corrected chi connectivity index (χ3v) is 4.17. The lowest BCUT2D eigenvalue weighted by atomic mass is 9.80. The van der Waals surface area contributed by atoms with Crippen LogP contribution in [0.1, 0.15) is 35.1 Å². The van der Waals surface area contributed by atoms with E-state index in [-0.39, 0.29) is 35.5 Å². The van der Waals surface area contributed by atoms with Gasteiger partial charge >= 0.3 is 5.97 Å². The normalized spacial score (nSPS) is 14.6. The maximum Gasteiger partial charge on any atom is 0.302 e. The van der Waals surface area contributed by atoms with Gasteiger partial charge in [-0.2, -0.15) is 10.5 Å². The SMILES string of the molecule is CC(=O)OCc1c(C)ccc(C2C(C#N)=C(N)OC(N)=C2C#N)c1C. The zero-order chi connectivity index (χ0) is 18.7. The van der Waals surface area contributed by atoms with E-state index in [0.717, 1.165) is 16.7 Å². The molecule has 0 unspecified atom stereocenters. The Balaban J connectivity index is 2.65. The third-order valence-electron chi connectivity index (χ3n) is 4.17.